The molecule has 3 saturated heterocycles. The molecule has 14 nitrogen and oxygen atoms in total. The summed E-state index contributed by atoms with van der Waals surface area (Å²) in [5.41, 5.74) is 3.81. The highest BCUT2D eigenvalue weighted by atomic mass is 16.3. The standard InChI is InChI=1S/C47H56N8O6/c1-29-5-4-6-37(48-29)42(57)49-39-25-31-28-54(51-38(31)27-36(39)46(2,3)61)32-14-21-52(22-15-32)20-13-30-11-16-47(17-12-30)18-23-53(24-19-47)33-7-8-34-35(26-33)45(60)55(44(34)59)40-9-10-41(56)50-43(40)58/h4-8,25-28,30,32,40,61H,9-24H2,1-3H3,(H,49,57)(H,50,56,58). The van der Waals surface area contributed by atoms with Crippen molar-refractivity contribution in [3.63, 3.8) is 0 Å². The van der Waals surface area contributed by atoms with Gasteiger partial charge < -0.3 is 20.2 Å². The monoisotopic (exact) mass is 828 g/mol. The molecule has 2 aromatic carbocycles. The van der Waals surface area contributed by atoms with Crippen LogP contribution in [0.3, 0.4) is 0 Å². The summed E-state index contributed by atoms with van der Waals surface area (Å²) in [7, 11) is 0. The number of aryl methyl sites for hydroxylation is 1. The highest BCUT2D eigenvalue weighted by Crippen LogP contribution is 2.48. The summed E-state index contributed by atoms with van der Waals surface area (Å²) >= 11 is 0. The minimum atomic E-state index is -1.19. The van der Waals surface area contributed by atoms with Crippen molar-refractivity contribution in [1.82, 2.24) is 29.9 Å². The van der Waals surface area contributed by atoms with Crippen molar-refractivity contribution in [1.29, 1.82) is 0 Å². The van der Waals surface area contributed by atoms with Crippen molar-refractivity contribution < 1.29 is 29.1 Å². The Labute approximate surface area is 356 Å². The lowest BCUT2D eigenvalue weighted by Crippen LogP contribution is -2.54. The van der Waals surface area contributed by atoms with Gasteiger partial charge in [-0.15, -0.1) is 0 Å². The third-order valence-electron chi connectivity index (χ3n) is 14.3. The molecule has 1 unspecified atom stereocenters. The zero-order valence-electron chi connectivity index (χ0n) is 35.4. The second-order valence-electron chi connectivity index (χ2n) is 18.7. The molecule has 2 aromatic heterocycles. The molecule has 1 saturated carbocycles. The summed E-state index contributed by atoms with van der Waals surface area (Å²) in [4.78, 5) is 74.2. The van der Waals surface area contributed by atoms with Crippen LogP contribution in [0.4, 0.5) is 11.4 Å². The van der Waals surface area contributed by atoms with Crippen molar-refractivity contribution in [2.45, 2.75) is 109 Å². The minimum Gasteiger partial charge on any atom is -0.386 e. The summed E-state index contributed by atoms with van der Waals surface area (Å²) in [6, 6.07) is 13.9. The smallest absolute Gasteiger partial charge is 0.274 e. The van der Waals surface area contributed by atoms with E-state index in [1.54, 1.807) is 26.0 Å². The predicted molar refractivity (Wildman–Crippen MR) is 230 cm³/mol. The number of hydrogen-bond acceptors (Lipinski definition) is 10. The van der Waals surface area contributed by atoms with E-state index in [9.17, 15) is 29.1 Å². The maximum atomic E-state index is 13.4. The van der Waals surface area contributed by atoms with E-state index in [-0.39, 0.29) is 30.7 Å². The number of nitrogens with one attached hydrogen (secondary N) is 2. The van der Waals surface area contributed by atoms with Gasteiger partial charge in [0.2, 0.25) is 11.8 Å². The number of benzene rings is 2. The molecule has 1 atom stereocenters. The van der Waals surface area contributed by atoms with E-state index in [2.05, 4.69) is 36.3 Å². The van der Waals surface area contributed by atoms with E-state index in [1.807, 2.05) is 43.3 Å². The van der Waals surface area contributed by atoms with Gasteiger partial charge in [-0.05, 0) is 145 Å². The fraction of sp³-hybridized carbons (Fsp3) is 0.511. The normalized spacial score (nSPS) is 21.7. The number of carbonyl (C=O) groups excluding carboxylic acids is 5. The van der Waals surface area contributed by atoms with E-state index in [0.717, 1.165) is 91.5 Å². The molecule has 6 heterocycles. The topological polar surface area (TPSA) is 170 Å². The molecule has 9 rings (SSSR count). The summed E-state index contributed by atoms with van der Waals surface area (Å²) in [5, 5.41) is 22.2. The fourth-order valence-corrected chi connectivity index (χ4v) is 10.5. The van der Waals surface area contributed by atoms with Crippen LogP contribution in [0, 0.1) is 18.3 Å². The van der Waals surface area contributed by atoms with Crippen LogP contribution in [-0.4, -0.2) is 98.0 Å². The maximum absolute atomic E-state index is 13.4. The first-order valence-electron chi connectivity index (χ1n) is 22.1. The highest BCUT2D eigenvalue weighted by Gasteiger charge is 2.45. The van der Waals surface area contributed by atoms with Crippen molar-refractivity contribution in [2.75, 3.05) is 42.9 Å². The van der Waals surface area contributed by atoms with Gasteiger partial charge in [0.05, 0.1) is 28.3 Å². The van der Waals surface area contributed by atoms with E-state index < -0.39 is 29.4 Å². The van der Waals surface area contributed by atoms with Gasteiger partial charge in [0.25, 0.3) is 17.7 Å². The molecule has 0 bridgehead atoms. The first kappa shape index (κ1) is 40.9. The van der Waals surface area contributed by atoms with Gasteiger partial charge in [0.15, 0.2) is 0 Å². The molecule has 14 heteroatoms. The SMILES string of the molecule is Cc1cccc(C(=O)Nc2cc3cn(C4CCN(CCC5CCC6(CC5)CCN(c5ccc7c(c5)C(=O)N(C5CCC(=O)NC5=O)C7=O)CC6)CC4)nc3cc2C(C)(C)O)n1. The molecule has 3 N–H and O–H groups in total. The van der Waals surface area contributed by atoms with Gasteiger partial charge in [-0.2, -0.15) is 5.10 Å². The zero-order chi connectivity index (χ0) is 42.6. The van der Waals surface area contributed by atoms with Gasteiger partial charge in [0.1, 0.15) is 11.7 Å². The third-order valence-corrected chi connectivity index (χ3v) is 14.3. The number of hydrogen-bond donors (Lipinski definition) is 3. The molecule has 320 valence electrons. The Balaban J connectivity index is 0.741. The maximum Gasteiger partial charge on any atom is 0.274 e. The summed E-state index contributed by atoms with van der Waals surface area (Å²) in [6.07, 6.45) is 12.8. The van der Waals surface area contributed by atoms with Crippen LogP contribution in [0.25, 0.3) is 10.9 Å². The summed E-state index contributed by atoms with van der Waals surface area (Å²) in [5.74, 6) is -1.48. The van der Waals surface area contributed by atoms with Crippen molar-refractivity contribution in [3.8, 4) is 0 Å². The lowest BCUT2D eigenvalue weighted by molar-refractivity contribution is -0.136. The van der Waals surface area contributed by atoms with Crippen molar-refractivity contribution in [2.24, 2.45) is 11.3 Å². The average molecular weight is 829 g/mol. The van der Waals surface area contributed by atoms with Crippen LogP contribution in [0.1, 0.15) is 133 Å². The van der Waals surface area contributed by atoms with Crippen LogP contribution in [-0.2, 0) is 15.2 Å². The minimum absolute atomic E-state index is 0.103. The van der Waals surface area contributed by atoms with Crippen LogP contribution >= 0.6 is 0 Å². The molecule has 5 amide bonds. The third kappa shape index (κ3) is 8.19. The average Bonchev–Trinajstić information content (AvgIpc) is 3.77. The second kappa shape index (κ2) is 16.1. The number of pyridine rings is 1. The molecule has 0 radical (unpaired) electrons. The number of fused-ring (bicyclic) bond motifs is 2. The number of imide groups is 2. The Morgan fingerprint density at radius 1 is 0.902 bits per heavy atom. The number of amides is 5. The van der Waals surface area contributed by atoms with Gasteiger partial charge in [-0.25, -0.2) is 4.98 Å². The van der Waals surface area contributed by atoms with Crippen LogP contribution in [0.2, 0.25) is 0 Å². The lowest BCUT2D eigenvalue weighted by atomic mass is 9.65. The Hall–Kier alpha value is -5.47. The molecule has 4 aromatic rings. The van der Waals surface area contributed by atoms with E-state index in [1.165, 1.54) is 32.1 Å². The van der Waals surface area contributed by atoms with Crippen LogP contribution in [0.5, 0.6) is 0 Å². The predicted octanol–water partition coefficient (Wildman–Crippen LogP) is 6.12. The molecule has 61 heavy (non-hydrogen) atoms. The summed E-state index contributed by atoms with van der Waals surface area (Å²) in [6.45, 7) is 10.3. The molecule has 4 aliphatic heterocycles. The number of likely N-dealkylation sites (tertiary alicyclic amines) is 1. The van der Waals surface area contributed by atoms with E-state index >= 15 is 0 Å². The van der Waals surface area contributed by atoms with E-state index in [0.29, 0.717) is 33.5 Å². The molecular weight excluding hydrogens is 773 g/mol. The molecular formula is C47H56N8O6. The van der Waals surface area contributed by atoms with Crippen molar-refractivity contribution >= 4 is 51.8 Å². The van der Waals surface area contributed by atoms with Gasteiger partial charge in [-0.1, -0.05) is 6.07 Å². The first-order chi connectivity index (χ1) is 29.2. The molecule has 4 fully saturated rings. The summed E-state index contributed by atoms with van der Waals surface area (Å²) < 4.78 is 2.08. The fourth-order valence-electron chi connectivity index (χ4n) is 10.5. The number of carbonyl (C=O) groups is 5. The molecule has 5 aliphatic rings. The van der Waals surface area contributed by atoms with Crippen LogP contribution < -0.4 is 15.5 Å². The molecule has 1 aliphatic carbocycles. The Bertz CT molecular complexity index is 2390. The Kier molecular flexibility index (Phi) is 10.8. The number of nitrogens with zero attached hydrogens (tertiary/aromatic N) is 6. The molecule has 1 spiro atoms. The Morgan fingerprint density at radius 2 is 1.64 bits per heavy atom. The quantitative estimate of drug-likeness (QED) is 0.167. The first-order valence-corrected chi connectivity index (χ1v) is 22.1. The number of aromatic nitrogens is 3. The largest absolute Gasteiger partial charge is 0.386 e. The zero-order valence-corrected chi connectivity index (χ0v) is 35.4. The van der Waals surface area contributed by atoms with Crippen LogP contribution in [0.15, 0.2) is 54.7 Å². The number of anilines is 2. The number of rotatable bonds is 9. The van der Waals surface area contributed by atoms with E-state index in [4.69, 9.17) is 5.10 Å². The second-order valence-corrected chi connectivity index (χ2v) is 18.7. The lowest BCUT2D eigenvalue weighted by Gasteiger charge is -2.47. The van der Waals surface area contributed by atoms with Gasteiger partial charge >= 0.3 is 0 Å². The van der Waals surface area contributed by atoms with Gasteiger partial charge in [-0.3, -0.25) is 38.9 Å². The number of aliphatic hydroxyl groups is 1. The van der Waals surface area contributed by atoms with Gasteiger partial charge in [0, 0.05) is 66.8 Å². The Morgan fingerprint density at radius 3 is 2.34 bits per heavy atom. The highest BCUT2D eigenvalue weighted by molar-refractivity contribution is 6.23. The van der Waals surface area contributed by atoms with Crippen molar-refractivity contribution in [3.05, 3.63) is 82.8 Å². The number of piperidine rings is 3.